The highest BCUT2D eigenvalue weighted by Gasteiger charge is 2.13. The molecule has 0 unspecified atom stereocenters. The van der Waals surface area contributed by atoms with E-state index in [0.717, 1.165) is 22.6 Å². The van der Waals surface area contributed by atoms with Gasteiger partial charge in [-0.05, 0) is 26.0 Å². The number of nitrogen functional groups attached to an aromatic ring is 1. The zero-order valence-corrected chi connectivity index (χ0v) is 13.7. The Bertz CT molecular complexity index is 808. The third-order valence-electron chi connectivity index (χ3n) is 3.60. The van der Waals surface area contributed by atoms with E-state index in [1.165, 1.54) is 0 Å². The second-order valence-electron chi connectivity index (χ2n) is 5.18. The fourth-order valence-electron chi connectivity index (χ4n) is 2.46. The summed E-state index contributed by atoms with van der Waals surface area (Å²) >= 11 is 5.89. The van der Waals surface area contributed by atoms with Crippen molar-refractivity contribution < 1.29 is 0 Å². The second-order valence-corrected chi connectivity index (χ2v) is 5.57. The summed E-state index contributed by atoms with van der Waals surface area (Å²) in [6, 6.07) is 11.7. The molecule has 23 heavy (non-hydrogen) atoms. The number of nitrogens with zero attached hydrogens (tertiary/aromatic N) is 4. The highest BCUT2D eigenvalue weighted by molar-refractivity contribution is 6.29. The lowest BCUT2D eigenvalue weighted by Crippen LogP contribution is -2.06. The zero-order valence-electron chi connectivity index (χ0n) is 12.9. The zero-order chi connectivity index (χ0) is 16.4. The number of hydrogen-bond acceptors (Lipinski definition) is 5. The molecule has 0 aliphatic heterocycles. The minimum Gasteiger partial charge on any atom is -0.368 e. The van der Waals surface area contributed by atoms with Gasteiger partial charge in [0.1, 0.15) is 11.0 Å². The lowest BCUT2D eigenvalue weighted by molar-refractivity contribution is 0.832. The highest BCUT2D eigenvalue weighted by atomic mass is 35.5. The molecule has 2 aromatic heterocycles. The smallest absolute Gasteiger partial charge is 0.223 e. The van der Waals surface area contributed by atoms with Crippen LogP contribution in [0, 0.1) is 13.8 Å². The van der Waals surface area contributed by atoms with Crippen LogP contribution in [-0.2, 0) is 6.54 Å². The van der Waals surface area contributed by atoms with Gasteiger partial charge in [-0.15, -0.1) is 0 Å². The lowest BCUT2D eigenvalue weighted by Gasteiger charge is -2.08. The summed E-state index contributed by atoms with van der Waals surface area (Å²) in [6.45, 7) is 4.62. The van der Waals surface area contributed by atoms with Crippen molar-refractivity contribution in [2.45, 2.75) is 20.4 Å². The predicted molar refractivity (Wildman–Crippen MR) is 91.8 cm³/mol. The fourth-order valence-corrected chi connectivity index (χ4v) is 2.65. The number of aromatic nitrogens is 4. The van der Waals surface area contributed by atoms with Crippen LogP contribution in [-0.4, -0.2) is 19.7 Å². The van der Waals surface area contributed by atoms with Crippen LogP contribution in [0.3, 0.4) is 0 Å². The van der Waals surface area contributed by atoms with Crippen LogP contribution in [0.4, 0.5) is 11.8 Å². The summed E-state index contributed by atoms with van der Waals surface area (Å²) in [4.78, 5) is 7.96. The summed E-state index contributed by atoms with van der Waals surface area (Å²) in [5.41, 5.74) is 9.80. The van der Waals surface area contributed by atoms with Crippen molar-refractivity contribution in [1.82, 2.24) is 19.7 Å². The molecular weight excluding hydrogens is 312 g/mol. The average molecular weight is 329 g/mol. The molecule has 6 nitrogen and oxygen atoms in total. The monoisotopic (exact) mass is 328 g/mol. The largest absolute Gasteiger partial charge is 0.368 e. The summed E-state index contributed by atoms with van der Waals surface area (Å²) in [5.74, 6) is 0.738. The number of aryl methyl sites for hydroxylation is 1. The number of nitrogens with one attached hydrogen (secondary N) is 1. The predicted octanol–water partition coefficient (Wildman–Crippen LogP) is 3.13. The van der Waals surface area contributed by atoms with Gasteiger partial charge in [0.2, 0.25) is 5.95 Å². The van der Waals surface area contributed by atoms with E-state index in [2.05, 4.69) is 20.4 Å². The minimum absolute atomic E-state index is 0.147. The van der Waals surface area contributed by atoms with E-state index in [-0.39, 0.29) is 5.95 Å². The van der Waals surface area contributed by atoms with Crippen LogP contribution in [0.25, 0.3) is 5.69 Å². The first-order valence-electron chi connectivity index (χ1n) is 7.19. The van der Waals surface area contributed by atoms with E-state index in [1.54, 1.807) is 6.07 Å². The SMILES string of the molecule is Cc1nn(-c2ccccc2)c(C)c1CNc1cc(Cl)nc(N)n1. The lowest BCUT2D eigenvalue weighted by atomic mass is 10.2. The maximum Gasteiger partial charge on any atom is 0.223 e. The van der Waals surface area contributed by atoms with Gasteiger partial charge in [0, 0.05) is 23.9 Å². The molecule has 2 heterocycles. The van der Waals surface area contributed by atoms with Gasteiger partial charge in [0.25, 0.3) is 0 Å². The molecule has 0 aliphatic carbocycles. The molecule has 0 fully saturated rings. The first-order valence-corrected chi connectivity index (χ1v) is 7.57. The van der Waals surface area contributed by atoms with Crippen LogP contribution in [0.1, 0.15) is 17.0 Å². The molecule has 0 radical (unpaired) electrons. The molecule has 3 N–H and O–H groups in total. The normalized spacial score (nSPS) is 10.7. The van der Waals surface area contributed by atoms with E-state index in [9.17, 15) is 0 Å². The Morgan fingerprint density at radius 2 is 1.91 bits per heavy atom. The Morgan fingerprint density at radius 1 is 1.17 bits per heavy atom. The Kier molecular flexibility index (Phi) is 4.16. The van der Waals surface area contributed by atoms with Gasteiger partial charge in [0.15, 0.2) is 0 Å². The van der Waals surface area contributed by atoms with Crippen LogP contribution in [0.5, 0.6) is 0 Å². The van der Waals surface area contributed by atoms with Crippen LogP contribution in [0.15, 0.2) is 36.4 Å². The third kappa shape index (κ3) is 3.27. The molecule has 3 rings (SSSR count). The van der Waals surface area contributed by atoms with E-state index in [4.69, 9.17) is 17.3 Å². The summed E-state index contributed by atoms with van der Waals surface area (Å²) in [7, 11) is 0. The van der Waals surface area contributed by atoms with Crippen molar-refractivity contribution in [3.8, 4) is 5.69 Å². The maximum absolute atomic E-state index is 5.89. The van der Waals surface area contributed by atoms with E-state index < -0.39 is 0 Å². The van der Waals surface area contributed by atoms with Crippen molar-refractivity contribution in [1.29, 1.82) is 0 Å². The minimum atomic E-state index is 0.147. The maximum atomic E-state index is 5.89. The summed E-state index contributed by atoms with van der Waals surface area (Å²) in [5, 5.41) is 8.15. The highest BCUT2D eigenvalue weighted by Crippen LogP contribution is 2.20. The molecule has 7 heteroatoms. The molecule has 0 aliphatic rings. The topological polar surface area (TPSA) is 81.7 Å². The number of halogens is 1. The van der Waals surface area contributed by atoms with Crippen molar-refractivity contribution in [3.63, 3.8) is 0 Å². The van der Waals surface area contributed by atoms with E-state index in [1.807, 2.05) is 48.9 Å². The third-order valence-corrected chi connectivity index (χ3v) is 3.79. The van der Waals surface area contributed by atoms with Gasteiger partial charge >= 0.3 is 0 Å². The Morgan fingerprint density at radius 3 is 2.61 bits per heavy atom. The molecule has 1 aromatic carbocycles. The number of anilines is 2. The molecule has 3 aromatic rings. The van der Waals surface area contributed by atoms with Crippen molar-refractivity contribution >= 4 is 23.4 Å². The van der Waals surface area contributed by atoms with Gasteiger partial charge in [-0.2, -0.15) is 10.1 Å². The van der Waals surface area contributed by atoms with E-state index in [0.29, 0.717) is 17.5 Å². The summed E-state index contributed by atoms with van der Waals surface area (Å²) in [6.07, 6.45) is 0. The van der Waals surface area contributed by atoms with Crippen molar-refractivity contribution in [2.75, 3.05) is 11.1 Å². The molecule has 0 amide bonds. The number of hydrogen-bond donors (Lipinski definition) is 2. The Labute approximate surface area is 139 Å². The standard InChI is InChI=1S/C16H17ClN6/c1-10-13(9-19-15-8-14(17)20-16(18)21-15)11(2)23(22-10)12-6-4-3-5-7-12/h3-8H,9H2,1-2H3,(H3,18,19,20,21). The van der Waals surface area contributed by atoms with Crippen LogP contribution in [0.2, 0.25) is 5.15 Å². The quantitative estimate of drug-likeness (QED) is 0.719. The van der Waals surface area contributed by atoms with E-state index >= 15 is 0 Å². The molecule has 0 bridgehead atoms. The van der Waals surface area contributed by atoms with Gasteiger partial charge in [-0.3, -0.25) is 0 Å². The number of benzene rings is 1. The number of nitrogens with two attached hydrogens (primary N) is 1. The average Bonchev–Trinajstić information content (AvgIpc) is 2.80. The van der Waals surface area contributed by atoms with Crippen LogP contribution < -0.4 is 11.1 Å². The first kappa shape index (κ1) is 15.3. The fraction of sp³-hybridized carbons (Fsp3) is 0.188. The van der Waals surface area contributed by atoms with Crippen molar-refractivity contribution in [3.05, 3.63) is 58.5 Å². The van der Waals surface area contributed by atoms with Gasteiger partial charge in [-0.25, -0.2) is 9.67 Å². The number of rotatable bonds is 4. The molecular formula is C16H17ClN6. The first-order chi connectivity index (χ1) is 11.0. The molecule has 118 valence electrons. The summed E-state index contributed by atoms with van der Waals surface area (Å²) < 4.78 is 1.94. The number of para-hydroxylation sites is 1. The molecule has 0 saturated carbocycles. The van der Waals surface area contributed by atoms with Crippen LogP contribution >= 0.6 is 11.6 Å². The van der Waals surface area contributed by atoms with Gasteiger partial charge in [-0.1, -0.05) is 29.8 Å². The second kappa shape index (κ2) is 6.26. The molecule has 0 atom stereocenters. The van der Waals surface area contributed by atoms with Gasteiger partial charge in [0.05, 0.1) is 11.4 Å². The van der Waals surface area contributed by atoms with Crippen molar-refractivity contribution in [2.24, 2.45) is 0 Å². The molecule has 0 spiro atoms. The molecule has 0 saturated heterocycles. The Hall–Kier alpha value is -2.60. The Balaban J connectivity index is 1.85. The van der Waals surface area contributed by atoms with Gasteiger partial charge < -0.3 is 11.1 Å².